The molecule has 7 heteroatoms. The SMILES string of the molecule is Cc1nnc(SCC(=O)Nc2ccccc2C#N)n1-c1ccccc1. The molecule has 2 aromatic carbocycles. The van der Waals surface area contributed by atoms with E-state index in [1.807, 2.05) is 41.8 Å². The van der Waals surface area contributed by atoms with E-state index in [1.165, 1.54) is 11.8 Å². The van der Waals surface area contributed by atoms with E-state index in [1.54, 1.807) is 24.3 Å². The Labute approximate surface area is 149 Å². The van der Waals surface area contributed by atoms with Crippen LogP contribution in [0.5, 0.6) is 0 Å². The molecule has 0 bridgehead atoms. The Morgan fingerprint density at radius 3 is 2.64 bits per heavy atom. The van der Waals surface area contributed by atoms with Crippen LogP contribution in [0.15, 0.2) is 59.8 Å². The van der Waals surface area contributed by atoms with Crippen molar-refractivity contribution < 1.29 is 4.79 Å². The van der Waals surface area contributed by atoms with Crippen LogP contribution in [0.3, 0.4) is 0 Å². The summed E-state index contributed by atoms with van der Waals surface area (Å²) >= 11 is 1.30. The van der Waals surface area contributed by atoms with Gasteiger partial charge in [-0.3, -0.25) is 9.36 Å². The summed E-state index contributed by atoms with van der Waals surface area (Å²) < 4.78 is 1.90. The van der Waals surface area contributed by atoms with Gasteiger partial charge >= 0.3 is 0 Å². The lowest BCUT2D eigenvalue weighted by atomic mass is 10.2. The number of rotatable bonds is 5. The lowest BCUT2D eigenvalue weighted by Crippen LogP contribution is -2.15. The zero-order chi connectivity index (χ0) is 17.6. The fraction of sp³-hybridized carbons (Fsp3) is 0.111. The molecule has 0 fully saturated rings. The van der Waals surface area contributed by atoms with Gasteiger partial charge in [-0.1, -0.05) is 42.1 Å². The van der Waals surface area contributed by atoms with Gasteiger partial charge in [0.05, 0.1) is 17.0 Å². The highest BCUT2D eigenvalue weighted by molar-refractivity contribution is 7.99. The van der Waals surface area contributed by atoms with Crippen molar-refractivity contribution in [2.75, 3.05) is 11.1 Å². The van der Waals surface area contributed by atoms with E-state index in [2.05, 4.69) is 21.6 Å². The number of aromatic nitrogens is 3. The number of anilines is 1. The molecule has 0 aliphatic rings. The fourth-order valence-electron chi connectivity index (χ4n) is 2.32. The van der Waals surface area contributed by atoms with Crippen LogP contribution in [0.25, 0.3) is 5.69 Å². The summed E-state index contributed by atoms with van der Waals surface area (Å²) in [5.74, 6) is 0.724. The number of para-hydroxylation sites is 2. The van der Waals surface area contributed by atoms with Crippen molar-refractivity contribution >= 4 is 23.4 Å². The van der Waals surface area contributed by atoms with E-state index in [4.69, 9.17) is 5.26 Å². The predicted molar refractivity (Wildman–Crippen MR) is 96.6 cm³/mol. The first-order valence-electron chi connectivity index (χ1n) is 7.58. The monoisotopic (exact) mass is 349 g/mol. The number of nitrogens with zero attached hydrogens (tertiary/aromatic N) is 4. The second-order valence-corrected chi connectivity index (χ2v) is 6.14. The summed E-state index contributed by atoms with van der Waals surface area (Å²) in [6.07, 6.45) is 0. The van der Waals surface area contributed by atoms with Gasteiger partial charge in [0.15, 0.2) is 5.16 Å². The number of hydrogen-bond donors (Lipinski definition) is 1. The van der Waals surface area contributed by atoms with Crippen molar-refractivity contribution in [1.82, 2.24) is 14.8 Å². The highest BCUT2D eigenvalue weighted by Gasteiger charge is 2.14. The summed E-state index contributed by atoms with van der Waals surface area (Å²) in [7, 11) is 0. The van der Waals surface area contributed by atoms with Crippen molar-refractivity contribution in [1.29, 1.82) is 5.26 Å². The molecule has 3 aromatic rings. The molecule has 0 saturated heterocycles. The lowest BCUT2D eigenvalue weighted by Gasteiger charge is -2.09. The third-order valence-corrected chi connectivity index (χ3v) is 4.39. The Kier molecular flexibility index (Phi) is 5.11. The maximum Gasteiger partial charge on any atom is 0.234 e. The molecule has 1 amide bonds. The summed E-state index contributed by atoms with van der Waals surface area (Å²) in [4.78, 5) is 12.2. The molecule has 3 rings (SSSR count). The Hall–Kier alpha value is -3.11. The van der Waals surface area contributed by atoms with E-state index in [9.17, 15) is 4.79 Å². The maximum atomic E-state index is 12.2. The number of carbonyl (C=O) groups is 1. The molecule has 1 heterocycles. The van der Waals surface area contributed by atoms with Gasteiger partial charge in [0, 0.05) is 5.69 Å². The molecule has 0 aliphatic heterocycles. The molecule has 0 unspecified atom stereocenters. The Morgan fingerprint density at radius 1 is 1.16 bits per heavy atom. The zero-order valence-corrected chi connectivity index (χ0v) is 14.3. The highest BCUT2D eigenvalue weighted by Crippen LogP contribution is 2.22. The number of nitriles is 1. The highest BCUT2D eigenvalue weighted by atomic mass is 32.2. The zero-order valence-electron chi connectivity index (χ0n) is 13.5. The second kappa shape index (κ2) is 7.64. The van der Waals surface area contributed by atoms with Crippen molar-refractivity contribution in [2.45, 2.75) is 12.1 Å². The number of hydrogen-bond acceptors (Lipinski definition) is 5. The lowest BCUT2D eigenvalue weighted by molar-refractivity contribution is -0.113. The van der Waals surface area contributed by atoms with Gasteiger partial charge in [-0.25, -0.2) is 0 Å². The number of nitrogens with one attached hydrogen (secondary N) is 1. The molecule has 0 atom stereocenters. The van der Waals surface area contributed by atoms with E-state index >= 15 is 0 Å². The Bertz CT molecular complexity index is 930. The van der Waals surface area contributed by atoms with Crippen LogP contribution in [-0.4, -0.2) is 26.4 Å². The third-order valence-electron chi connectivity index (χ3n) is 3.46. The number of benzene rings is 2. The maximum absolute atomic E-state index is 12.2. The van der Waals surface area contributed by atoms with Gasteiger partial charge < -0.3 is 5.32 Å². The molecule has 0 saturated carbocycles. The average molecular weight is 349 g/mol. The smallest absolute Gasteiger partial charge is 0.234 e. The normalized spacial score (nSPS) is 10.2. The minimum Gasteiger partial charge on any atom is -0.324 e. The van der Waals surface area contributed by atoms with E-state index in [0.717, 1.165) is 11.5 Å². The first kappa shape index (κ1) is 16.7. The van der Waals surface area contributed by atoms with E-state index in [-0.39, 0.29) is 11.7 Å². The predicted octanol–water partition coefficient (Wildman–Crippen LogP) is 3.18. The van der Waals surface area contributed by atoms with Crippen LogP contribution in [-0.2, 0) is 4.79 Å². The number of amides is 1. The van der Waals surface area contributed by atoms with E-state index in [0.29, 0.717) is 16.4 Å². The molecule has 124 valence electrons. The molecular formula is C18H15N5OS. The third kappa shape index (κ3) is 3.87. The molecule has 0 spiro atoms. The van der Waals surface area contributed by atoms with Crippen LogP contribution >= 0.6 is 11.8 Å². The van der Waals surface area contributed by atoms with Crippen molar-refractivity contribution in [3.63, 3.8) is 0 Å². The second-order valence-electron chi connectivity index (χ2n) is 5.19. The van der Waals surface area contributed by atoms with Gasteiger partial charge in [-0.2, -0.15) is 5.26 Å². The fourth-order valence-corrected chi connectivity index (χ4v) is 3.11. The molecular weight excluding hydrogens is 334 g/mol. The molecule has 1 aromatic heterocycles. The van der Waals surface area contributed by atoms with Gasteiger partial charge in [-0.15, -0.1) is 10.2 Å². The average Bonchev–Trinajstić information content (AvgIpc) is 3.02. The molecule has 0 aliphatic carbocycles. The Balaban J connectivity index is 1.71. The first-order valence-corrected chi connectivity index (χ1v) is 8.57. The standard InChI is InChI=1S/C18H15N5OS/c1-13-21-22-18(23(13)15-8-3-2-4-9-15)25-12-17(24)20-16-10-6-5-7-14(16)11-19/h2-10H,12H2,1H3,(H,20,24). The minimum atomic E-state index is -0.201. The van der Waals surface area contributed by atoms with E-state index < -0.39 is 0 Å². The van der Waals surface area contributed by atoms with Crippen LogP contribution in [0, 0.1) is 18.3 Å². The Morgan fingerprint density at radius 2 is 1.88 bits per heavy atom. The molecule has 25 heavy (non-hydrogen) atoms. The van der Waals surface area contributed by atoms with Crippen LogP contribution in [0.2, 0.25) is 0 Å². The van der Waals surface area contributed by atoms with Gasteiger partial charge in [0.1, 0.15) is 11.9 Å². The number of thioether (sulfide) groups is 1. The van der Waals surface area contributed by atoms with Gasteiger partial charge in [-0.05, 0) is 31.2 Å². The summed E-state index contributed by atoms with van der Waals surface area (Å²) in [5.41, 5.74) is 1.89. The molecule has 1 N–H and O–H groups in total. The van der Waals surface area contributed by atoms with Crippen molar-refractivity contribution in [3.8, 4) is 11.8 Å². The number of carbonyl (C=O) groups excluding carboxylic acids is 1. The quantitative estimate of drug-likeness (QED) is 0.715. The number of aryl methyl sites for hydroxylation is 1. The first-order chi connectivity index (χ1) is 12.2. The molecule has 0 radical (unpaired) electrons. The van der Waals surface area contributed by atoms with Crippen molar-refractivity contribution in [2.24, 2.45) is 0 Å². The van der Waals surface area contributed by atoms with Crippen molar-refractivity contribution in [3.05, 3.63) is 66.0 Å². The van der Waals surface area contributed by atoms with Crippen LogP contribution < -0.4 is 5.32 Å². The summed E-state index contributed by atoms with van der Waals surface area (Å²) in [6, 6.07) is 18.7. The topological polar surface area (TPSA) is 83.6 Å². The van der Waals surface area contributed by atoms with Crippen LogP contribution in [0.1, 0.15) is 11.4 Å². The summed E-state index contributed by atoms with van der Waals surface area (Å²) in [6.45, 7) is 1.87. The van der Waals surface area contributed by atoms with Crippen LogP contribution in [0.4, 0.5) is 5.69 Å². The largest absolute Gasteiger partial charge is 0.324 e. The van der Waals surface area contributed by atoms with Gasteiger partial charge in [0.25, 0.3) is 0 Å². The molecule has 6 nitrogen and oxygen atoms in total. The summed E-state index contributed by atoms with van der Waals surface area (Å²) in [5, 5.41) is 20.7. The van der Waals surface area contributed by atoms with Gasteiger partial charge in [0.2, 0.25) is 5.91 Å². The minimum absolute atomic E-state index is 0.171.